The minimum atomic E-state index is -4.08. The molecule has 1 aromatic heterocycles. The molecule has 0 aliphatic rings. The molecular weight excluding hydrogens is 225 g/mol. The van der Waals surface area contributed by atoms with Gasteiger partial charge in [0, 0.05) is 24.9 Å². The van der Waals surface area contributed by atoms with Gasteiger partial charge >= 0.3 is 6.18 Å². The SMILES string of the molecule is CCc1c[nH]c(=S)n1CCCC(F)(F)F. The molecule has 0 atom stereocenters. The Kier molecular flexibility index (Phi) is 3.96. The third kappa shape index (κ3) is 3.70. The number of nitrogens with zero attached hydrogens (tertiary/aromatic N) is 1. The fourth-order valence-electron chi connectivity index (χ4n) is 1.41. The first kappa shape index (κ1) is 12.3. The molecule has 1 rings (SSSR count). The molecule has 0 saturated carbocycles. The largest absolute Gasteiger partial charge is 0.389 e. The van der Waals surface area contributed by atoms with E-state index >= 15 is 0 Å². The number of aromatic nitrogens is 2. The van der Waals surface area contributed by atoms with Gasteiger partial charge in [0.15, 0.2) is 4.77 Å². The van der Waals surface area contributed by atoms with Crippen LogP contribution in [-0.4, -0.2) is 15.7 Å². The molecule has 0 fully saturated rings. The van der Waals surface area contributed by atoms with Gasteiger partial charge in [0.05, 0.1) is 0 Å². The van der Waals surface area contributed by atoms with E-state index in [2.05, 4.69) is 4.98 Å². The van der Waals surface area contributed by atoms with Crippen molar-refractivity contribution in [2.24, 2.45) is 0 Å². The first-order valence-corrected chi connectivity index (χ1v) is 5.18. The van der Waals surface area contributed by atoms with E-state index in [1.807, 2.05) is 6.92 Å². The van der Waals surface area contributed by atoms with E-state index in [4.69, 9.17) is 12.2 Å². The van der Waals surface area contributed by atoms with Crippen LogP contribution in [0.1, 0.15) is 25.5 Å². The van der Waals surface area contributed by atoms with Crippen molar-refractivity contribution in [1.29, 1.82) is 0 Å². The fourth-order valence-corrected chi connectivity index (χ4v) is 1.67. The fraction of sp³-hybridized carbons (Fsp3) is 0.667. The highest BCUT2D eigenvalue weighted by atomic mass is 32.1. The summed E-state index contributed by atoms with van der Waals surface area (Å²) in [6.45, 7) is 2.27. The monoisotopic (exact) mass is 238 g/mol. The lowest BCUT2D eigenvalue weighted by molar-refractivity contribution is -0.135. The smallest absolute Gasteiger partial charge is 0.337 e. The molecule has 2 nitrogen and oxygen atoms in total. The summed E-state index contributed by atoms with van der Waals surface area (Å²) in [5.74, 6) is 0. The molecule has 0 aliphatic heterocycles. The zero-order chi connectivity index (χ0) is 11.5. The van der Waals surface area contributed by atoms with Gasteiger partial charge in [-0.2, -0.15) is 13.2 Å². The third-order valence-electron chi connectivity index (χ3n) is 2.16. The van der Waals surface area contributed by atoms with Crippen molar-refractivity contribution in [2.75, 3.05) is 0 Å². The second-order valence-electron chi connectivity index (χ2n) is 3.31. The summed E-state index contributed by atoms with van der Waals surface area (Å²) in [5.41, 5.74) is 0.946. The molecule has 1 heterocycles. The van der Waals surface area contributed by atoms with Crippen molar-refractivity contribution in [3.05, 3.63) is 16.7 Å². The van der Waals surface area contributed by atoms with Gasteiger partial charge in [0.25, 0.3) is 0 Å². The Bertz CT molecular complexity index is 364. The Labute approximate surface area is 91.1 Å². The number of imidazole rings is 1. The molecule has 86 valence electrons. The number of rotatable bonds is 4. The van der Waals surface area contributed by atoms with Crippen molar-refractivity contribution in [3.8, 4) is 0 Å². The van der Waals surface area contributed by atoms with E-state index in [0.29, 0.717) is 11.3 Å². The van der Waals surface area contributed by atoms with Crippen molar-refractivity contribution in [3.63, 3.8) is 0 Å². The average Bonchev–Trinajstić information content (AvgIpc) is 2.46. The lowest BCUT2D eigenvalue weighted by Crippen LogP contribution is -2.10. The molecule has 0 spiro atoms. The van der Waals surface area contributed by atoms with Gasteiger partial charge in [-0.15, -0.1) is 0 Å². The molecule has 0 unspecified atom stereocenters. The zero-order valence-electron chi connectivity index (χ0n) is 8.40. The lowest BCUT2D eigenvalue weighted by Gasteiger charge is -2.08. The normalized spacial score (nSPS) is 12.0. The standard InChI is InChI=1S/C9H13F3N2S/c1-2-7-6-13-8(15)14(7)5-3-4-9(10,11)12/h6H,2-5H2,1H3,(H,13,15). The summed E-state index contributed by atoms with van der Waals surface area (Å²) in [6, 6.07) is 0. The Hall–Kier alpha value is -0.780. The predicted octanol–water partition coefficient (Wildman–Crippen LogP) is 3.45. The molecule has 1 aromatic rings. The Balaban J connectivity index is 2.57. The number of halogens is 3. The highest BCUT2D eigenvalue weighted by Gasteiger charge is 2.26. The maximum absolute atomic E-state index is 11.9. The number of aryl methyl sites for hydroxylation is 1. The van der Waals surface area contributed by atoms with Crippen molar-refractivity contribution in [1.82, 2.24) is 9.55 Å². The molecule has 0 aliphatic carbocycles. The van der Waals surface area contributed by atoms with Crippen molar-refractivity contribution >= 4 is 12.2 Å². The van der Waals surface area contributed by atoms with Gasteiger partial charge in [-0.3, -0.25) is 0 Å². The van der Waals surface area contributed by atoms with Crippen LogP contribution in [0.3, 0.4) is 0 Å². The summed E-state index contributed by atoms with van der Waals surface area (Å²) in [6.07, 6.45) is -2.26. The lowest BCUT2D eigenvalue weighted by atomic mass is 10.3. The van der Waals surface area contributed by atoms with Crippen LogP contribution >= 0.6 is 12.2 Å². The van der Waals surface area contributed by atoms with Crippen LogP contribution in [-0.2, 0) is 13.0 Å². The Morgan fingerprint density at radius 1 is 1.47 bits per heavy atom. The van der Waals surface area contributed by atoms with Gasteiger partial charge < -0.3 is 9.55 Å². The predicted molar refractivity (Wildman–Crippen MR) is 54.3 cm³/mol. The first-order valence-electron chi connectivity index (χ1n) is 4.78. The molecular formula is C9H13F3N2S. The van der Waals surface area contributed by atoms with E-state index in [1.165, 1.54) is 0 Å². The summed E-state index contributed by atoms with van der Waals surface area (Å²) in [4.78, 5) is 2.83. The number of nitrogens with one attached hydrogen (secondary N) is 1. The topological polar surface area (TPSA) is 20.7 Å². The van der Waals surface area contributed by atoms with Crippen LogP contribution in [0, 0.1) is 4.77 Å². The van der Waals surface area contributed by atoms with Crippen LogP contribution in [0.2, 0.25) is 0 Å². The zero-order valence-corrected chi connectivity index (χ0v) is 9.21. The van der Waals surface area contributed by atoms with Crippen LogP contribution in [0.4, 0.5) is 13.2 Å². The van der Waals surface area contributed by atoms with E-state index in [0.717, 1.165) is 12.1 Å². The summed E-state index contributed by atoms with van der Waals surface area (Å²) in [7, 11) is 0. The van der Waals surface area contributed by atoms with Gasteiger partial charge in [0.2, 0.25) is 0 Å². The van der Waals surface area contributed by atoms with E-state index in [-0.39, 0.29) is 6.42 Å². The van der Waals surface area contributed by atoms with Crippen LogP contribution in [0.5, 0.6) is 0 Å². The van der Waals surface area contributed by atoms with Gasteiger partial charge in [-0.25, -0.2) is 0 Å². The van der Waals surface area contributed by atoms with Crippen LogP contribution in [0.15, 0.2) is 6.20 Å². The van der Waals surface area contributed by atoms with E-state index in [1.54, 1.807) is 10.8 Å². The summed E-state index contributed by atoms with van der Waals surface area (Å²) >= 11 is 4.97. The molecule has 0 bridgehead atoms. The van der Waals surface area contributed by atoms with Gasteiger partial charge in [-0.05, 0) is 25.1 Å². The van der Waals surface area contributed by atoms with Crippen LogP contribution in [0.25, 0.3) is 0 Å². The van der Waals surface area contributed by atoms with Gasteiger partial charge in [-0.1, -0.05) is 6.92 Å². The molecule has 0 amide bonds. The molecule has 0 radical (unpaired) electrons. The minimum Gasteiger partial charge on any atom is -0.337 e. The second kappa shape index (κ2) is 4.83. The number of hydrogen-bond donors (Lipinski definition) is 1. The summed E-state index contributed by atoms with van der Waals surface area (Å²) in [5, 5.41) is 0. The first-order chi connectivity index (χ1) is 6.94. The molecule has 0 saturated heterocycles. The molecule has 6 heteroatoms. The second-order valence-corrected chi connectivity index (χ2v) is 3.70. The highest BCUT2D eigenvalue weighted by molar-refractivity contribution is 7.71. The number of alkyl halides is 3. The molecule has 15 heavy (non-hydrogen) atoms. The quantitative estimate of drug-likeness (QED) is 0.797. The van der Waals surface area contributed by atoms with E-state index in [9.17, 15) is 13.2 Å². The number of H-pyrrole nitrogens is 1. The number of hydrogen-bond acceptors (Lipinski definition) is 1. The Morgan fingerprint density at radius 3 is 2.67 bits per heavy atom. The van der Waals surface area contributed by atoms with Gasteiger partial charge in [0.1, 0.15) is 0 Å². The molecule has 0 aromatic carbocycles. The van der Waals surface area contributed by atoms with Crippen molar-refractivity contribution < 1.29 is 13.2 Å². The maximum Gasteiger partial charge on any atom is 0.389 e. The summed E-state index contributed by atoms with van der Waals surface area (Å²) < 4.78 is 38.0. The third-order valence-corrected chi connectivity index (χ3v) is 2.50. The Morgan fingerprint density at radius 2 is 2.13 bits per heavy atom. The maximum atomic E-state index is 11.9. The average molecular weight is 238 g/mol. The highest BCUT2D eigenvalue weighted by Crippen LogP contribution is 2.21. The van der Waals surface area contributed by atoms with Crippen molar-refractivity contribution in [2.45, 2.75) is 38.9 Å². The number of aromatic amines is 1. The van der Waals surface area contributed by atoms with Crippen LogP contribution < -0.4 is 0 Å². The minimum absolute atomic E-state index is 0.0721. The molecule has 1 N–H and O–H groups in total. The van der Waals surface area contributed by atoms with E-state index < -0.39 is 12.6 Å².